The Hall–Kier alpha value is -0.890. The van der Waals surface area contributed by atoms with Crippen molar-refractivity contribution in [3.63, 3.8) is 0 Å². The molecule has 2 heterocycles. The van der Waals surface area contributed by atoms with E-state index in [2.05, 4.69) is 11.9 Å². The Bertz CT molecular complexity index is 254. The second-order valence-electron chi connectivity index (χ2n) is 3.55. The minimum atomic E-state index is 0.0638. The van der Waals surface area contributed by atoms with Crippen LogP contribution in [-0.2, 0) is 11.2 Å². The van der Waals surface area contributed by atoms with Gasteiger partial charge in [0.25, 0.3) is 0 Å². The first-order valence-electron chi connectivity index (χ1n) is 4.32. The van der Waals surface area contributed by atoms with Gasteiger partial charge in [-0.05, 0) is 25.5 Å². The summed E-state index contributed by atoms with van der Waals surface area (Å²) in [5.74, 6) is 0. The summed E-state index contributed by atoms with van der Waals surface area (Å²) in [7, 11) is 0. The van der Waals surface area contributed by atoms with Gasteiger partial charge in [-0.3, -0.25) is 4.98 Å². The summed E-state index contributed by atoms with van der Waals surface area (Å²) < 4.78 is 5.48. The van der Waals surface area contributed by atoms with Crippen molar-refractivity contribution in [3.05, 3.63) is 30.1 Å². The van der Waals surface area contributed by atoms with E-state index in [9.17, 15) is 0 Å². The van der Waals surface area contributed by atoms with Crippen LogP contribution in [0.1, 0.15) is 19.0 Å². The minimum Gasteiger partial charge on any atom is -0.375 e. The van der Waals surface area contributed by atoms with Gasteiger partial charge in [-0.1, -0.05) is 6.07 Å². The van der Waals surface area contributed by atoms with Crippen molar-refractivity contribution in [2.45, 2.75) is 25.4 Å². The van der Waals surface area contributed by atoms with E-state index in [0.717, 1.165) is 25.1 Å². The number of pyridine rings is 1. The van der Waals surface area contributed by atoms with Crippen LogP contribution in [0.25, 0.3) is 0 Å². The first-order chi connectivity index (χ1) is 5.79. The Balaban J connectivity index is 2.04. The molecule has 0 N–H and O–H groups in total. The molecule has 1 unspecified atom stereocenters. The zero-order valence-corrected chi connectivity index (χ0v) is 7.29. The number of hydrogen-bond donors (Lipinski definition) is 0. The van der Waals surface area contributed by atoms with Gasteiger partial charge in [0.1, 0.15) is 0 Å². The Labute approximate surface area is 72.6 Å². The summed E-state index contributed by atoms with van der Waals surface area (Å²) in [6, 6.07) is 6.00. The van der Waals surface area contributed by atoms with Gasteiger partial charge < -0.3 is 4.74 Å². The van der Waals surface area contributed by atoms with Crippen LogP contribution in [-0.4, -0.2) is 17.2 Å². The maximum atomic E-state index is 5.48. The zero-order chi connectivity index (χ0) is 8.44. The lowest BCUT2D eigenvalue weighted by Crippen LogP contribution is -2.42. The molecule has 2 heteroatoms. The van der Waals surface area contributed by atoms with Gasteiger partial charge in [-0.25, -0.2) is 0 Å². The molecule has 0 spiro atoms. The van der Waals surface area contributed by atoms with Crippen molar-refractivity contribution in [1.82, 2.24) is 4.98 Å². The largest absolute Gasteiger partial charge is 0.375 e. The zero-order valence-electron chi connectivity index (χ0n) is 7.29. The van der Waals surface area contributed by atoms with E-state index in [4.69, 9.17) is 4.74 Å². The molecule has 1 fully saturated rings. The fraction of sp³-hybridized carbons (Fsp3) is 0.500. The number of aromatic nitrogens is 1. The Morgan fingerprint density at radius 3 is 2.92 bits per heavy atom. The van der Waals surface area contributed by atoms with Gasteiger partial charge in [-0.2, -0.15) is 0 Å². The third-order valence-corrected chi connectivity index (χ3v) is 2.36. The average molecular weight is 163 g/mol. The number of hydrogen-bond acceptors (Lipinski definition) is 2. The van der Waals surface area contributed by atoms with Gasteiger partial charge in [0.15, 0.2) is 0 Å². The fourth-order valence-electron chi connectivity index (χ4n) is 1.48. The van der Waals surface area contributed by atoms with E-state index in [1.54, 1.807) is 0 Å². The molecule has 1 aliphatic heterocycles. The summed E-state index contributed by atoms with van der Waals surface area (Å²) in [5, 5.41) is 0. The highest BCUT2D eigenvalue weighted by Gasteiger charge is 2.33. The molecule has 0 amide bonds. The Morgan fingerprint density at radius 2 is 2.42 bits per heavy atom. The fourth-order valence-corrected chi connectivity index (χ4v) is 1.48. The second kappa shape index (κ2) is 2.87. The lowest BCUT2D eigenvalue weighted by molar-refractivity contribution is -0.133. The third-order valence-electron chi connectivity index (χ3n) is 2.36. The van der Waals surface area contributed by atoms with Gasteiger partial charge in [0.2, 0.25) is 0 Å². The first-order valence-corrected chi connectivity index (χ1v) is 4.32. The van der Waals surface area contributed by atoms with Crippen LogP contribution < -0.4 is 0 Å². The van der Waals surface area contributed by atoms with Crippen molar-refractivity contribution in [1.29, 1.82) is 0 Å². The Morgan fingerprint density at radius 1 is 1.58 bits per heavy atom. The molecule has 1 aliphatic rings. The third kappa shape index (κ3) is 1.48. The highest BCUT2D eigenvalue weighted by molar-refractivity contribution is 5.07. The van der Waals surface area contributed by atoms with Crippen molar-refractivity contribution < 1.29 is 4.74 Å². The maximum absolute atomic E-state index is 5.48. The molecule has 2 rings (SSSR count). The molecule has 64 valence electrons. The van der Waals surface area contributed by atoms with Crippen LogP contribution in [0.5, 0.6) is 0 Å². The molecule has 12 heavy (non-hydrogen) atoms. The lowest BCUT2D eigenvalue weighted by Gasteiger charge is -2.38. The monoisotopic (exact) mass is 163 g/mol. The summed E-state index contributed by atoms with van der Waals surface area (Å²) in [6.07, 6.45) is 3.93. The minimum absolute atomic E-state index is 0.0638. The van der Waals surface area contributed by atoms with Crippen molar-refractivity contribution in [3.8, 4) is 0 Å². The van der Waals surface area contributed by atoms with E-state index in [1.165, 1.54) is 0 Å². The molecular weight excluding hydrogens is 150 g/mol. The van der Waals surface area contributed by atoms with Gasteiger partial charge in [0.05, 0.1) is 12.2 Å². The smallest absolute Gasteiger partial charge is 0.0731 e. The van der Waals surface area contributed by atoms with Crippen LogP contribution in [0.15, 0.2) is 24.4 Å². The molecule has 0 aromatic carbocycles. The van der Waals surface area contributed by atoms with Crippen LogP contribution in [0.3, 0.4) is 0 Å². The van der Waals surface area contributed by atoms with Crippen LogP contribution in [0.4, 0.5) is 0 Å². The number of nitrogens with zero attached hydrogens (tertiary/aromatic N) is 1. The molecule has 0 radical (unpaired) electrons. The topological polar surface area (TPSA) is 22.1 Å². The number of ether oxygens (including phenoxy) is 1. The van der Waals surface area contributed by atoms with Gasteiger partial charge >= 0.3 is 0 Å². The van der Waals surface area contributed by atoms with Crippen molar-refractivity contribution in [2.75, 3.05) is 6.61 Å². The predicted molar refractivity (Wildman–Crippen MR) is 46.9 cm³/mol. The summed E-state index contributed by atoms with van der Waals surface area (Å²) >= 11 is 0. The van der Waals surface area contributed by atoms with Crippen molar-refractivity contribution >= 4 is 0 Å². The predicted octanol–water partition coefficient (Wildman–Crippen LogP) is 1.80. The van der Waals surface area contributed by atoms with Crippen molar-refractivity contribution in [2.24, 2.45) is 0 Å². The second-order valence-corrected chi connectivity index (χ2v) is 3.55. The van der Waals surface area contributed by atoms with E-state index in [0.29, 0.717) is 0 Å². The normalized spacial score (nSPS) is 28.1. The quantitative estimate of drug-likeness (QED) is 0.663. The van der Waals surface area contributed by atoms with E-state index in [-0.39, 0.29) is 5.60 Å². The molecule has 1 saturated heterocycles. The first kappa shape index (κ1) is 7.74. The molecule has 1 atom stereocenters. The summed E-state index contributed by atoms with van der Waals surface area (Å²) in [4.78, 5) is 4.27. The molecule has 0 saturated carbocycles. The Kier molecular flexibility index (Phi) is 1.85. The highest BCUT2D eigenvalue weighted by Crippen LogP contribution is 2.28. The maximum Gasteiger partial charge on any atom is 0.0731 e. The van der Waals surface area contributed by atoms with Gasteiger partial charge in [-0.15, -0.1) is 0 Å². The van der Waals surface area contributed by atoms with E-state index < -0.39 is 0 Å². The molecule has 0 aliphatic carbocycles. The van der Waals surface area contributed by atoms with E-state index in [1.807, 2.05) is 24.4 Å². The average Bonchev–Trinajstić information content (AvgIpc) is 2.04. The molecular formula is C10H13NO. The molecule has 2 nitrogen and oxygen atoms in total. The van der Waals surface area contributed by atoms with Crippen LogP contribution >= 0.6 is 0 Å². The molecule has 1 aromatic rings. The van der Waals surface area contributed by atoms with Gasteiger partial charge in [0, 0.05) is 18.3 Å². The highest BCUT2D eigenvalue weighted by atomic mass is 16.5. The molecule has 0 bridgehead atoms. The van der Waals surface area contributed by atoms with Crippen LogP contribution in [0.2, 0.25) is 0 Å². The number of rotatable bonds is 2. The standard InChI is InChI=1S/C10H13NO/c1-10(5-7-12-10)8-9-4-2-3-6-11-9/h2-4,6H,5,7-8H2,1H3. The summed E-state index contributed by atoms with van der Waals surface area (Å²) in [6.45, 7) is 3.05. The van der Waals surface area contributed by atoms with E-state index >= 15 is 0 Å². The lowest BCUT2D eigenvalue weighted by atomic mass is 9.92. The molecule has 1 aromatic heterocycles. The SMILES string of the molecule is CC1(Cc2ccccn2)CCO1. The van der Waals surface area contributed by atoms with Crippen LogP contribution in [0, 0.1) is 0 Å². The summed E-state index contributed by atoms with van der Waals surface area (Å²) in [5.41, 5.74) is 1.19.